The quantitative estimate of drug-likeness (QED) is 0.850. The number of aromatic nitrogens is 1. The van der Waals surface area contributed by atoms with Crippen LogP contribution in [0.15, 0.2) is 18.3 Å². The summed E-state index contributed by atoms with van der Waals surface area (Å²) in [7, 11) is 0. The highest BCUT2D eigenvalue weighted by Gasteiger charge is 2.57. The van der Waals surface area contributed by atoms with Crippen LogP contribution in [0.4, 0.5) is 8.78 Å². The summed E-state index contributed by atoms with van der Waals surface area (Å²) in [6, 6.07) is 3.32. The lowest BCUT2D eigenvalue weighted by atomic mass is 9.64. The van der Waals surface area contributed by atoms with Crippen LogP contribution in [0.25, 0.3) is 0 Å². The molecular weight excluding hydrogens is 222 g/mol. The lowest BCUT2D eigenvalue weighted by Gasteiger charge is -2.46. The third kappa shape index (κ3) is 1.72. The van der Waals surface area contributed by atoms with Gasteiger partial charge in [0.05, 0.1) is 10.7 Å². The van der Waals surface area contributed by atoms with E-state index < -0.39 is 11.3 Å². The monoisotopic (exact) mass is 232 g/mol. The summed E-state index contributed by atoms with van der Waals surface area (Å²) in [5.74, 6) is -2.62. The Bertz CT molecular complexity index is 373. The molecule has 0 aliphatic heterocycles. The Morgan fingerprint density at radius 2 is 2.13 bits per heavy atom. The molecule has 82 valence electrons. The van der Waals surface area contributed by atoms with E-state index in [0.29, 0.717) is 10.7 Å². The maximum atomic E-state index is 12.9. The molecule has 1 saturated carbocycles. The summed E-state index contributed by atoms with van der Waals surface area (Å²) >= 11 is 5.93. The minimum Gasteiger partial charge on any atom is -0.330 e. The Balaban J connectivity index is 2.34. The lowest BCUT2D eigenvalue weighted by Crippen LogP contribution is -2.54. The highest BCUT2D eigenvalue weighted by atomic mass is 35.5. The molecule has 2 rings (SSSR count). The van der Waals surface area contributed by atoms with E-state index in [9.17, 15) is 8.78 Å². The second-order valence-electron chi connectivity index (χ2n) is 4.03. The molecule has 0 unspecified atom stereocenters. The van der Waals surface area contributed by atoms with Crippen molar-refractivity contribution in [2.75, 3.05) is 6.54 Å². The summed E-state index contributed by atoms with van der Waals surface area (Å²) < 4.78 is 25.8. The minimum absolute atomic E-state index is 0.152. The largest absolute Gasteiger partial charge is 0.330 e. The van der Waals surface area contributed by atoms with Crippen molar-refractivity contribution in [2.45, 2.75) is 24.2 Å². The van der Waals surface area contributed by atoms with Crippen LogP contribution in [-0.4, -0.2) is 17.5 Å². The van der Waals surface area contributed by atoms with Gasteiger partial charge in [-0.2, -0.15) is 0 Å². The second kappa shape index (κ2) is 3.39. The molecule has 2 nitrogen and oxygen atoms in total. The van der Waals surface area contributed by atoms with Gasteiger partial charge in [0, 0.05) is 31.0 Å². The molecule has 1 heterocycles. The van der Waals surface area contributed by atoms with Crippen LogP contribution < -0.4 is 5.73 Å². The van der Waals surface area contributed by atoms with Crippen molar-refractivity contribution in [3.05, 3.63) is 29.0 Å². The summed E-state index contributed by atoms with van der Waals surface area (Å²) in [6.45, 7) is 0.152. The van der Waals surface area contributed by atoms with Crippen LogP contribution in [0, 0.1) is 0 Å². The van der Waals surface area contributed by atoms with Gasteiger partial charge in [-0.25, -0.2) is 8.78 Å². The Morgan fingerprint density at radius 3 is 2.60 bits per heavy atom. The standard InChI is InChI=1S/C10H11ClF2N2/c11-7-2-1-3-15-8(7)9(6-14)4-10(12,13)5-9/h1-3H,4-6,14H2. The van der Waals surface area contributed by atoms with Gasteiger partial charge in [-0.3, -0.25) is 4.98 Å². The lowest BCUT2D eigenvalue weighted by molar-refractivity contribution is -0.125. The molecule has 1 fully saturated rings. The van der Waals surface area contributed by atoms with E-state index >= 15 is 0 Å². The first-order valence-corrected chi connectivity index (χ1v) is 5.06. The van der Waals surface area contributed by atoms with Crippen molar-refractivity contribution in [3.63, 3.8) is 0 Å². The average molecular weight is 233 g/mol. The van der Waals surface area contributed by atoms with Gasteiger partial charge in [-0.15, -0.1) is 0 Å². The molecule has 2 N–H and O–H groups in total. The van der Waals surface area contributed by atoms with E-state index in [2.05, 4.69) is 4.98 Å². The van der Waals surface area contributed by atoms with Crippen molar-refractivity contribution in [1.29, 1.82) is 0 Å². The number of rotatable bonds is 2. The molecule has 0 atom stereocenters. The van der Waals surface area contributed by atoms with Crippen LogP contribution >= 0.6 is 11.6 Å². The van der Waals surface area contributed by atoms with E-state index in [4.69, 9.17) is 17.3 Å². The Labute approximate surface area is 91.4 Å². The van der Waals surface area contributed by atoms with Gasteiger partial charge in [0.1, 0.15) is 0 Å². The normalized spacial score (nSPS) is 22.1. The zero-order valence-corrected chi connectivity index (χ0v) is 8.77. The first kappa shape index (κ1) is 10.8. The van der Waals surface area contributed by atoms with Crippen LogP contribution in [0.1, 0.15) is 18.5 Å². The Hall–Kier alpha value is -0.740. The molecule has 1 aliphatic rings. The highest BCUT2D eigenvalue weighted by Crippen LogP contribution is 2.53. The van der Waals surface area contributed by atoms with Gasteiger partial charge in [-0.05, 0) is 12.1 Å². The van der Waals surface area contributed by atoms with Crippen LogP contribution in [0.3, 0.4) is 0 Å². The molecular formula is C10H11ClF2N2. The van der Waals surface area contributed by atoms with E-state index in [-0.39, 0.29) is 19.4 Å². The molecule has 0 saturated heterocycles. The summed E-state index contributed by atoms with van der Waals surface area (Å²) in [6.07, 6.45) is 1.04. The molecule has 0 bridgehead atoms. The number of pyridine rings is 1. The zero-order valence-electron chi connectivity index (χ0n) is 8.01. The second-order valence-corrected chi connectivity index (χ2v) is 4.43. The fourth-order valence-corrected chi connectivity index (χ4v) is 2.44. The topological polar surface area (TPSA) is 38.9 Å². The van der Waals surface area contributed by atoms with E-state index in [1.165, 1.54) is 0 Å². The van der Waals surface area contributed by atoms with Gasteiger partial charge >= 0.3 is 0 Å². The zero-order chi connectivity index (χ0) is 11.1. The molecule has 0 spiro atoms. The van der Waals surface area contributed by atoms with Gasteiger partial charge in [0.25, 0.3) is 0 Å². The highest BCUT2D eigenvalue weighted by molar-refractivity contribution is 6.31. The molecule has 5 heteroatoms. The summed E-state index contributed by atoms with van der Waals surface area (Å²) in [5.41, 5.74) is 5.32. The molecule has 0 aromatic carbocycles. The number of hydrogen-bond acceptors (Lipinski definition) is 2. The van der Waals surface area contributed by atoms with Crippen molar-refractivity contribution >= 4 is 11.6 Å². The van der Waals surface area contributed by atoms with E-state index in [0.717, 1.165) is 0 Å². The fourth-order valence-electron chi connectivity index (χ4n) is 2.12. The maximum absolute atomic E-state index is 12.9. The van der Waals surface area contributed by atoms with Crippen molar-refractivity contribution in [2.24, 2.45) is 5.73 Å². The number of alkyl halides is 2. The smallest absolute Gasteiger partial charge is 0.250 e. The third-order valence-corrected chi connectivity index (χ3v) is 3.15. The molecule has 1 aliphatic carbocycles. The SMILES string of the molecule is NCC1(c2ncccc2Cl)CC(F)(F)C1. The number of hydrogen-bond donors (Lipinski definition) is 1. The molecule has 15 heavy (non-hydrogen) atoms. The molecule has 1 aromatic heterocycles. The van der Waals surface area contributed by atoms with Crippen LogP contribution in [0.2, 0.25) is 5.02 Å². The van der Waals surface area contributed by atoms with Gasteiger partial charge in [-0.1, -0.05) is 11.6 Å². The number of halogens is 3. The number of nitrogens with two attached hydrogens (primary N) is 1. The van der Waals surface area contributed by atoms with Crippen molar-refractivity contribution in [1.82, 2.24) is 4.98 Å². The van der Waals surface area contributed by atoms with Gasteiger partial charge in [0.15, 0.2) is 0 Å². The average Bonchev–Trinajstić information content (AvgIpc) is 2.14. The fraction of sp³-hybridized carbons (Fsp3) is 0.500. The third-order valence-electron chi connectivity index (χ3n) is 2.85. The van der Waals surface area contributed by atoms with Crippen molar-refractivity contribution < 1.29 is 8.78 Å². The first-order chi connectivity index (χ1) is 6.99. The Morgan fingerprint density at radius 1 is 1.47 bits per heavy atom. The predicted molar refractivity (Wildman–Crippen MR) is 54.2 cm³/mol. The van der Waals surface area contributed by atoms with E-state index in [1.54, 1.807) is 18.3 Å². The maximum Gasteiger partial charge on any atom is 0.250 e. The minimum atomic E-state index is -2.62. The summed E-state index contributed by atoms with van der Waals surface area (Å²) in [4.78, 5) is 4.06. The van der Waals surface area contributed by atoms with Crippen LogP contribution in [-0.2, 0) is 5.41 Å². The van der Waals surface area contributed by atoms with E-state index in [1.807, 2.05) is 0 Å². The number of nitrogens with zero attached hydrogens (tertiary/aromatic N) is 1. The van der Waals surface area contributed by atoms with Crippen LogP contribution in [0.5, 0.6) is 0 Å². The predicted octanol–water partition coefficient (Wildman–Crippen LogP) is 2.36. The van der Waals surface area contributed by atoms with Crippen molar-refractivity contribution in [3.8, 4) is 0 Å². The molecule has 1 aromatic rings. The van der Waals surface area contributed by atoms with Gasteiger partial charge in [0.2, 0.25) is 5.92 Å². The van der Waals surface area contributed by atoms with Gasteiger partial charge < -0.3 is 5.73 Å². The summed E-state index contributed by atoms with van der Waals surface area (Å²) in [5, 5.41) is 0.415. The Kier molecular flexibility index (Phi) is 2.43. The molecule has 0 radical (unpaired) electrons. The molecule has 0 amide bonds. The first-order valence-electron chi connectivity index (χ1n) is 4.68.